The molecule has 0 aliphatic heterocycles. The van der Waals surface area contributed by atoms with E-state index >= 15 is 0 Å². The maximum absolute atomic E-state index is 4.69. The Balaban J connectivity index is 0.000000121. The summed E-state index contributed by atoms with van der Waals surface area (Å²) in [4.78, 5) is 36.9. The van der Waals surface area contributed by atoms with Crippen molar-refractivity contribution in [1.29, 1.82) is 0 Å². The van der Waals surface area contributed by atoms with Gasteiger partial charge < -0.3 is 0 Å². The first-order valence-electron chi connectivity index (χ1n) is 33.5. The molecule has 100 heavy (non-hydrogen) atoms. The van der Waals surface area contributed by atoms with Crippen molar-refractivity contribution in [2.24, 2.45) is 0 Å². The van der Waals surface area contributed by atoms with E-state index in [-0.39, 0.29) is 0 Å². The number of aromatic nitrogens is 8. The van der Waals surface area contributed by atoms with E-state index in [0.717, 1.165) is 113 Å². The quantitative estimate of drug-likeness (QED) is 0.119. The Bertz CT molecular complexity index is 5100. The van der Waals surface area contributed by atoms with Gasteiger partial charge in [0.15, 0.2) is 0 Å². The minimum absolute atomic E-state index is 0.770. The normalized spacial score (nSPS) is 10.6. The molecule has 0 aliphatic carbocycles. The van der Waals surface area contributed by atoms with Crippen LogP contribution in [-0.2, 0) is 0 Å². The number of hydrogen-bond acceptors (Lipinski definition) is 8. The van der Waals surface area contributed by atoms with Crippen molar-refractivity contribution in [3.05, 3.63) is 387 Å². The summed E-state index contributed by atoms with van der Waals surface area (Å²) in [5.74, 6) is 3.12. The molecule has 4 aromatic heterocycles. The second-order valence-corrected chi connectivity index (χ2v) is 24.0. The number of hydrogen-bond donors (Lipinski definition) is 0. The van der Waals surface area contributed by atoms with E-state index in [1.54, 1.807) is 0 Å². The van der Waals surface area contributed by atoms with Gasteiger partial charge in [-0.05, 0) is 103 Å². The molecule has 0 unspecified atom stereocenters. The van der Waals surface area contributed by atoms with Crippen LogP contribution in [0.5, 0.6) is 0 Å². The molecule has 16 aromatic rings. The van der Waals surface area contributed by atoms with Crippen LogP contribution in [0, 0.1) is 27.7 Å². The van der Waals surface area contributed by atoms with E-state index in [1.165, 1.54) is 44.5 Å². The lowest BCUT2D eigenvalue weighted by Crippen LogP contribution is -1.95. The van der Waals surface area contributed by atoms with Gasteiger partial charge in [0.25, 0.3) is 0 Å². The summed E-state index contributed by atoms with van der Waals surface area (Å²) in [7, 11) is 0. The topological polar surface area (TPSA) is 103 Å². The Morgan fingerprint density at radius 1 is 0.120 bits per heavy atom. The molecule has 8 heteroatoms. The largest absolute Gasteiger partial charge is 0.233 e. The molecule has 0 spiro atoms. The smallest absolute Gasteiger partial charge is 0.126 e. The molecular weight excluding hydrogens is 1220 g/mol. The second kappa shape index (κ2) is 32.1. The van der Waals surface area contributed by atoms with Gasteiger partial charge in [-0.2, -0.15) is 0 Å². The number of aryl methyl sites for hydroxylation is 4. The maximum atomic E-state index is 4.69. The molecule has 480 valence electrons. The summed E-state index contributed by atoms with van der Waals surface area (Å²) >= 11 is 0. The minimum Gasteiger partial charge on any atom is -0.233 e. The average molecular weight is 1290 g/mol. The van der Waals surface area contributed by atoms with Gasteiger partial charge in [0, 0.05) is 44.5 Å². The van der Waals surface area contributed by atoms with Crippen molar-refractivity contribution in [2.75, 3.05) is 0 Å². The number of nitrogens with zero attached hydrogens (tertiary/aromatic N) is 8. The SMILES string of the molecule is Cc1nc(-c2ccc(-c3ccccc3)cc2)cc(-c2ccc(-c3ccccc3)cc2)n1.Cc1nc(-c2ccccc2)cc(-c2ccc(-c3ccccc3)cc2)n1.Cc1nc(-c2ccccc2)cc(-c2cccc(-c3ccccc3)c2)n1.Cc1nc(-c2ccccc2)cc(-c2ccccc2)n1. The molecule has 4 heterocycles. The first-order valence-corrected chi connectivity index (χ1v) is 33.5. The molecule has 16 rings (SSSR count). The first-order chi connectivity index (χ1) is 49.2. The van der Waals surface area contributed by atoms with Gasteiger partial charge in [0.1, 0.15) is 23.3 Å². The molecule has 0 N–H and O–H groups in total. The summed E-state index contributed by atoms with van der Waals surface area (Å²) in [6.45, 7) is 7.76. The third-order valence-corrected chi connectivity index (χ3v) is 16.8. The minimum atomic E-state index is 0.770. The van der Waals surface area contributed by atoms with Crippen molar-refractivity contribution in [2.45, 2.75) is 27.7 Å². The number of rotatable bonds is 12. The van der Waals surface area contributed by atoms with Gasteiger partial charge in [-0.15, -0.1) is 0 Å². The summed E-state index contributed by atoms with van der Waals surface area (Å²) in [5, 5.41) is 0. The molecule has 12 aromatic carbocycles. The van der Waals surface area contributed by atoms with E-state index in [0.29, 0.717) is 0 Å². The molecule has 0 bridgehead atoms. The van der Waals surface area contributed by atoms with Crippen LogP contribution < -0.4 is 0 Å². The van der Waals surface area contributed by atoms with Crippen molar-refractivity contribution in [3.63, 3.8) is 0 Å². The standard InChI is InChI=1S/C29H22N2.2C23H18N2.C17H14N2/c1-21-30-28(26-16-12-24(13-17-26)22-8-4-2-5-9-22)20-29(31-21)27-18-14-25(15-19-27)23-10-6-3-7-11-23;1-17-24-22(19-11-6-3-7-12-19)16-23(25-17)21-14-8-13-20(15-21)18-9-4-2-5-10-18;1-17-24-22(20-10-6-3-7-11-20)16-23(25-17)21-14-12-19(13-15-21)18-8-4-2-5-9-18;1-13-18-16(14-8-4-2-5-9-14)12-17(19-13)15-10-6-3-7-11-15/h2-20H,1H3;2*2-16H,1H3;2-12H,1H3. The van der Waals surface area contributed by atoms with Gasteiger partial charge >= 0.3 is 0 Å². The van der Waals surface area contributed by atoms with E-state index < -0.39 is 0 Å². The second-order valence-electron chi connectivity index (χ2n) is 24.0. The fourth-order valence-corrected chi connectivity index (χ4v) is 11.8. The maximum Gasteiger partial charge on any atom is 0.126 e. The highest BCUT2D eigenvalue weighted by atomic mass is 14.9. The van der Waals surface area contributed by atoms with E-state index in [2.05, 4.69) is 301 Å². The van der Waals surface area contributed by atoms with E-state index in [9.17, 15) is 0 Å². The molecule has 0 radical (unpaired) electrons. The molecule has 0 amide bonds. The average Bonchev–Trinajstić information content (AvgIpc) is 0.843. The van der Waals surface area contributed by atoms with Gasteiger partial charge in [0.2, 0.25) is 0 Å². The fourth-order valence-electron chi connectivity index (χ4n) is 11.8. The predicted octanol–water partition coefficient (Wildman–Crippen LogP) is 23.1. The van der Waals surface area contributed by atoms with Crippen LogP contribution in [0.4, 0.5) is 0 Å². The number of benzene rings is 12. The third kappa shape index (κ3) is 17.1. The van der Waals surface area contributed by atoms with Gasteiger partial charge in [0.05, 0.1) is 45.6 Å². The lowest BCUT2D eigenvalue weighted by molar-refractivity contribution is 1.06. The van der Waals surface area contributed by atoms with Gasteiger partial charge in [-0.3, -0.25) is 0 Å². The predicted molar refractivity (Wildman–Crippen MR) is 412 cm³/mol. The first kappa shape index (κ1) is 65.6. The summed E-state index contributed by atoms with van der Waals surface area (Å²) in [6.07, 6.45) is 0. The monoisotopic (exact) mass is 1290 g/mol. The van der Waals surface area contributed by atoms with E-state index in [4.69, 9.17) is 0 Å². The molecule has 0 aliphatic rings. The van der Waals surface area contributed by atoms with Crippen molar-refractivity contribution in [1.82, 2.24) is 39.9 Å². The van der Waals surface area contributed by atoms with Crippen LogP contribution in [-0.4, -0.2) is 39.9 Å². The van der Waals surface area contributed by atoms with Gasteiger partial charge in [-0.1, -0.05) is 334 Å². The fraction of sp³-hybridized carbons (Fsp3) is 0.0435. The van der Waals surface area contributed by atoms with Crippen molar-refractivity contribution in [3.8, 4) is 135 Å². The molecule has 0 saturated heterocycles. The van der Waals surface area contributed by atoms with Crippen LogP contribution in [0.25, 0.3) is 135 Å². The Hall–Kier alpha value is -13.0. The molecule has 0 fully saturated rings. The highest BCUT2D eigenvalue weighted by Gasteiger charge is 2.13. The van der Waals surface area contributed by atoms with Crippen molar-refractivity contribution >= 4 is 0 Å². The highest BCUT2D eigenvalue weighted by molar-refractivity contribution is 5.77. The molecule has 0 saturated carbocycles. The van der Waals surface area contributed by atoms with Gasteiger partial charge in [-0.25, -0.2) is 39.9 Å². The summed E-state index contributed by atoms with van der Waals surface area (Å²) in [6, 6.07) is 125. The Morgan fingerprint density at radius 3 is 0.480 bits per heavy atom. The molecular formula is C92H72N8. The molecule has 8 nitrogen and oxygen atoms in total. The highest BCUT2D eigenvalue weighted by Crippen LogP contribution is 2.33. The summed E-state index contributed by atoms with van der Waals surface area (Å²) in [5.41, 5.74) is 26.1. The van der Waals surface area contributed by atoms with Crippen molar-refractivity contribution < 1.29 is 0 Å². The zero-order valence-corrected chi connectivity index (χ0v) is 56.2. The zero-order valence-electron chi connectivity index (χ0n) is 56.2. The van der Waals surface area contributed by atoms with Crippen LogP contribution in [0.2, 0.25) is 0 Å². The molecule has 0 atom stereocenters. The van der Waals surface area contributed by atoms with Crippen LogP contribution in [0.15, 0.2) is 364 Å². The Morgan fingerprint density at radius 2 is 0.260 bits per heavy atom. The lowest BCUT2D eigenvalue weighted by Gasteiger charge is -2.09. The summed E-state index contributed by atoms with van der Waals surface area (Å²) < 4.78 is 0. The van der Waals surface area contributed by atoms with Crippen LogP contribution in [0.3, 0.4) is 0 Å². The third-order valence-electron chi connectivity index (χ3n) is 16.8. The van der Waals surface area contributed by atoms with Crippen LogP contribution in [0.1, 0.15) is 23.3 Å². The lowest BCUT2D eigenvalue weighted by atomic mass is 10.0. The zero-order chi connectivity index (χ0) is 68.2. The van der Waals surface area contributed by atoms with E-state index in [1.807, 2.05) is 131 Å². The van der Waals surface area contributed by atoms with Crippen LogP contribution >= 0.6 is 0 Å². The Labute approximate surface area is 586 Å². The Kier molecular flexibility index (Phi) is 21.1.